The van der Waals surface area contributed by atoms with Gasteiger partial charge in [-0.3, -0.25) is 9.59 Å². The van der Waals surface area contributed by atoms with Gasteiger partial charge >= 0.3 is 0 Å². The highest BCUT2D eigenvalue weighted by molar-refractivity contribution is 7.09. The van der Waals surface area contributed by atoms with Crippen molar-refractivity contribution in [3.63, 3.8) is 0 Å². The van der Waals surface area contributed by atoms with E-state index in [0.29, 0.717) is 23.7 Å². The number of ether oxygens (including phenoxy) is 1. The standard InChI is InChI=1S/C34H47N3O3S/c1-5-32(13-14-32)34(17-18-34)33(15-16-33)23-27(38)37-20-9-12-31(37,3)28(40-4)24(2)29(39)36-26(30-35-19-21-41-30)22-25-10-7-6-8-11-25/h6-8,10-11,19,21,24,26,28H,5,9,12-18,20,22-23H2,1-4H3,(H,36,39)/t24-,26+,28-,31?/m1/s1. The van der Waals surface area contributed by atoms with Gasteiger partial charge in [-0.25, -0.2) is 4.98 Å². The van der Waals surface area contributed by atoms with Crippen LogP contribution in [0.1, 0.15) is 102 Å². The third-order valence-electron chi connectivity index (χ3n) is 11.7. The van der Waals surface area contributed by atoms with Crippen molar-refractivity contribution in [3.05, 3.63) is 52.5 Å². The summed E-state index contributed by atoms with van der Waals surface area (Å²) < 4.78 is 6.13. The van der Waals surface area contributed by atoms with Crippen LogP contribution in [-0.4, -0.2) is 47.0 Å². The van der Waals surface area contributed by atoms with Crippen LogP contribution in [0, 0.1) is 22.2 Å². The fraction of sp³-hybridized carbons (Fsp3) is 0.676. The van der Waals surface area contributed by atoms with Crippen molar-refractivity contribution in [2.75, 3.05) is 13.7 Å². The smallest absolute Gasteiger partial charge is 0.226 e. The van der Waals surface area contributed by atoms with E-state index in [0.717, 1.165) is 30.0 Å². The second kappa shape index (κ2) is 10.8. The van der Waals surface area contributed by atoms with Gasteiger partial charge in [0.05, 0.1) is 23.6 Å². The summed E-state index contributed by atoms with van der Waals surface area (Å²) in [6.07, 6.45) is 13.5. The molecule has 0 radical (unpaired) electrons. The Hall–Kier alpha value is -2.25. The summed E-state index contributed by atoms with van der Waals surface area (Å²) in [7, 11) is 1.70. The molecule has 1 N–H and O–H groups in total. The normalized spacial score (nSPS) is 27.1. The number of aromatic nitrogens is 1. The molecule has 3 aliphatic carbocycles. The number of likely N-dealkylation sites (tertiary alicyclic amines) is 1. The molecule has 6 nitrogen and oxygen atoms in total. The van der Waals surface area contributed by atoms with Crippen molar-refractivity contribution in [1.29, 1.82) is 0 Å². The molecule has 6 rings (SSSR count). The zero-order chi connectivity index (χ0) is 28.9. The maximum atomic E-state index is 14.1. The van der Waals surface area contributed by atoms with E-state index in [4.69, 9.17) is 4.74 Å². The summed E-state index contributed by atoms with van der Waals surface area (Å²) in [5.41, 5.74) is 1.78. The van der Waals surface area contributed by atoms with Crippen LogP contribution < -0.4 is 5.32 Å². The molecule has 41 heavy (non-hydrogen) atoms. The number of amides is 2. The van der Waals surface area contributed by atoms with Crippen molar-refractivity contribution < 1.29 is 14.3 Å². The predicted octanol–water partition coefficient (Wildman–Crippen LogP) is 6.72. The van der Waals surface area contributed by atoms with Crippen LogP contribution in [0.25, 0.3) is 0 Å². The van der Waals surface area contributed by atoms with E-state index < -0.39 is 17.6 Å². The van der Waals surface area contributed by atoms with Crippen LogP contribution in [-0.2, 0) is 20.7 Å². The lowest BCUT2D eigenvalue weighted by Gasteiger charge is -2.44. The van der Waals surface area contributed by atoms with Crippen LogP contribution in [0.2, 0.25) is 0 Å². The van der Waals surface area contributed by atoms with Crippen LogP contribution in [0.4, 0.5) is 0 Å². The van der Waals surface area contributed by atoms with Gasteiger partial charge in [0.2, 0.25) is 11.8 Å². The molecule has 0 bridgehead atoms. The van der Waals surface area contributed by atoms with Gasteiger partial charge < -0.3 is 15.0 Å². The fourth-order valence-corrected chi connectivity index (χ4v) is 9.70. The molecule has 1 unspecified atom stereocenters. The summed E-state index contributed by atoms with van der Waals surface area (Å²) in [4.78, 5) is 34.6. The molecule has 7 heteroatoms. The number of thiazole rings is 1. The minimum atomic E-state index is -0.506. The van der Waals surface area contributed by atoms with Crippen molar-refractivity contribution in [1.82, 2.24) is 15.2 Å². The Kier molecular flexibility index (Phi) is 7.59. The van der Waals surface area contributed by atoms with Crippen molar-refractivity contribution in [3.8, 4) is 0 Å². The lowest BCUT2D eigenvalue weighted by molar-refractivity contribution is -0.149. The Morgan fingerprint density at radius 2 is 1.78 bits per heavy atom. The molecule has 2 amide bonds. The molecule has 1 aromatic heterocycles. The lowest BCUT2D eigenvalue weighted by Crippen LogP contribution is -2.58. The van der Waals surface area contributed by atoms with Gasteiger partial charge in [0.1, 0.15) is 5.01 Å². The summed E-state index contributed by atoms with van der Waals surface area (Å²) in [6, 6.07) is 10.0. The van der Waals surface area contributed by atoms with Gasteiger partial charge in [0.25, 0.3) is 0 Å². The Balaban J connectivity index is 1.16. The second-order valence-electron chi connectivity index (χ2n) is 13.7. The number of nitrogens with zero attached hydrogens (tertiary/aromatic N) is 2. The van der Waals surface area contributed by atoms with Gasteiger partial charge in [-0.15, -0.1) is 11.3 Å². The molecule has 4 fully saturated rings. The summed E-state index contributed by atoms with van der Waals surface area (Å²) >= 11 is 1.56. The van der Waals surface area contributed by atoms with Crippen LogP contribution in [0.15, 0.2) is 41.9 Å². The number of hydrogen-bond acceptors (Lipinski definition) is 5. The van der Waals surface area contributed by atoms with Crippen molar-refractivity contribution in [2.45, 2.75) is 109 Å². The molecule has 0 spiro atoms. The van der Waals surface area contributed by atoms with E-state index in [1.807, 2.05) is 30.5 Å². The molecule has 2 heterocycles. The first kappa shape index (κ1) is 28.9. The number of carbonyl (C=O) groups is 2. The van der Waals surface area contributed by atoms with E-state index in [1.54, 1.807) is 24.6 Å². The molecule has 3 saturated carbocycles. The van der Waals surface area contributed by atoms with Gasteiger partial charge in [-0.05, 0) is 92.9 Å². The summed E-state index contributed by atoms with van der Waals surface area (Å²) in [6.45, 7) is 7.22. The SMILES string of the molecule is CCC1(C2(C3(CC(=O)N4CCCC4(C)[C@H](OC)[C@@H](C)C(=O)N[C@@H](Cc4ccccc4)c4nccs4)CC3)CC2)CC1. The largest absolute Gasteiger partial charge is 0.378 e. The monoisotopic (exact) mass is 577 g/mol. The van der Waals surface area contributed by atoms with E-state index in [2.05, 4.69) is 41.2 Å². The van der Waals surface area contributed by atoms with Crippen LogP contribution in [0.5, 0.6) is 0 Å². The third kappa shape index (κ3) is 4.95. The first-order valence-corrected chi connectivity index (χ1v) is 16.7. The number of methoxy groups -OCH3 is 1. The Bertz CT molecular complexity index is 1240. The van der Waals surface area contributed by atoms with Gasteiger partial charge in [0.15, 0.2) is 0 Å². The van der Waals surface area contributed by atoms with E-state index in [9.17, 15) is 9.59 Å². The van der Waals surface area contributed by atoms with Crippen LogP contribution >= 0.6 is 11.3 Å². The average molecular weight is 578 g/mol. The number of carbonyl (C=O) groups excluding carboxylic acids is 2. The third-order valence-corrected chi connectivity index (χ3v) is 12.6. The van der Waals surface area contributed by atoms with Crippen LogP contribution in [0.3, 0.4) is 0 Å². The molecule has 2 aromatic rings. The van der Waals surface area contributed by atoms with Gasteiger partial charge in [-0.2, -0.15) is 0 Å². The lowest BCUT2D eigenvalue weighted by atomic mass is 9.70. The number of benzene rings is 1. The number of rotatable bonds is 13. The zero-order valence-electron chi connectivity index (χ0n) is 25.3. The average Bonchev–Trinajstić information content (AvgIpc) is 3.92. The Morgan fingerprint density at radius 1 is 1.07 bits per heavy atom. The maximum absolute atomic E-state index is 14.1. The molecule has 4 atom stereocenters. The Morgan fingerprint density at radius 3 is 2.34 bits per heavy atom. The molecule has 1 aliphatic heterocycles. The van der Waals surface area contributed by atoms with E-state index >= 15 is 0 Å². The molecule has 1 saturated heterocycles. The Labute approximate surface area is 249 Å². The van der Waals surface area contributed by atoms with E-state index in [1.165, 1.54) is 44.9 Å². The molecular weight excluding hydrogens is 530 g/mol. The second-order valence-corrected chi connectivity index (χ2v) is 14.7. The maximum Gasteiger partial charge on any atom is 0.226 e. The van der Waals surface area contributed by atoms with Gasteiger partial charge in [-0.1, -0.05) is 44.2 Å². The number of hydrogen-bond donors (Lipinski definition) is 1. The highest BCUT2D eigenvalue weighted by Crippen LogP contribution is 2.84. The molecule has 222 valence electrons. The van der Waals surface area contributed by atoms with Gasteiger partial charge in [0, 0.05) is 31.7 Å². The molecular formula is C34H47N3O3S. The van der Waals surface area contributed by atoms with Crippen molar-refractivity contribution >= 4 is 23.2 Å². The van der Waals surface area contributed by atoms with E-state index in [-0.39, 0.29) is 23.3 Å². The topological polar surface area (TPSA) is 71.5 Å². The first-order valence-electron chi connectivity index (χ1n) is 15.8. The first-order chi connectivity index (χ1) is 19.7. The minimum Gasteiger partial charge on any atom is -0.378 e. The number of nitrogens with one attached hydrogen (secondary N) is 1. The highest BCUT2D eigenvalue weighted by Gasteiger charge is 2.76. The zero-order valence-corrected chi connectivity index (χ0v) is 26.1. The van der Waals surface area contributed by atoms with Crippen molar-refractivity contribution in [2.24, 2.45) is 22.2 Å². The fourth-order valence-electron chi connectivity index (χ4n) is 9.01. The predicted molar refractivity (Wildman–Crippen MR) is 162 cm³/mol. The summed E-state index contributed by atoms with van der Waals surface area (Å²) in [5.74, 6) is -0.195. The minimum absolute atomic E-state index is 0.0530. The molecule has 1 aromatic carbocycles. The molecule has 4 aliphatic rings. The quantitative estimate of drug-likeness (QED) is 0.287. The summed E-state index contributed by atoms with van der Waals surface area (Å²) in [5, 5.41) is 6.15. The highest BCUT2D eigenvalue weighted by atomic mass is 32.1.